The third-order valence-corrected chi connectivity index (χ3v) is 4.41. The van der Waals surface area contributed by atoms with Gasteiger partial charge in [-0.05, 0) is 18.1 Å². The molecular formula is C16H13N3O5S. The molecule has 2 heterocycles. The van der Waals surface area contributed by atoms with Crippen molar-refractivity contribution in [2.24, 2.45) is 0 Å². The van der Waals surface area contributed by atoms with Crippen LogP contribution in [0, 0.1) is 10.1 Å². The Morgan fingerprint density at radius 3 is 2.68 bits per heavy atom. The summed E-state index contributed by atoms with van der Waals surface area (Å²) >= 11 is 0.749. The van der Waals surface area contributed by atoms with Gasteiger partial charge in [0.25, 0.3) is 5.89 Å². The number of hydrogen-bond acceptors (Lipinski definition) is 8. The Hall–Kier alpha value is -3.07. The Morgan fingerprint density at radius 2 is 2.04 bits per heavy atom. The van der Waals surface area contributed by atoms with Crippen molar-refractivity contribution in [1.29, 1.82) is 0 Å². The second-order valence-electron chi connectivity index (χ2n) is 5.03. The van der Waals surface area contributed by atoms with E-state index in [4.69, 9.17) is 9.26 Å². The van der Waals surface area contributed by atoms with Crippen LogP contribution in [-0.2, 0) is 17.8 Å². The molecule has 0 saturated carbocycles. The molecule has 0 N–H and O–H groups in total. The van der Waals surface area contributed by atoms with Gasteiger partial charge in [0.05, 0.1) is 4.92 Å². The molecule has 128 valence electrons. The van der Waals surface area contributed by atoms with Gasteiger partial charge in [-0.2, -0.15) is 4.98 Å². The molecule has 8 nitrogen and oxygen atoms in total. The fraction of sp³-hybridized carbons (Fsp3) is 0.188. The summed E-state index contributed by atoms with van der Waals surface area (Å²) in [5, 5.41) is 14.4. The summed E-state index contributed by atoms with van der Waals surface area (Å²) in [6, 6.07) is 10.4. The average molecular weight is 359 g/mol. The van der Waals surface area contributed by atoms with Crippen molar-refractivity contribution < 1.29 is 19.0 Å². The number of aryl methyl sites for hydroxylation is 1. The van der Waals surface area contributed by atoms with Gasteiger partial charge in [-0.1, -0.05) is 47.7 Å². The largest absolute Gasteiger partial charge is 0.451 e. The van der Waals surface area contributed by atoms with E-state index >= 15 is 0 Å². The zero-order chi connectivity index (χ0) is 17.8. The van der Waals surface area contributed by atoms with Crippen LogP contribution >= 0.6 is 11.3 Å². The Morgan fingerprint density at radius 1 is 1.28 bits per heavy atom. The van der Waals surface area contributed by atoms with Gasteiger partial charge >= 0.3 is 11.0 Å². The molecule has 0 aliphatic heterocycles. The maximum absolute atomic E-state index is 11.9. The molecule has 9 heteroatoms. The summed E-state index contributed by atoms with van der Waals surface area (Å²) in [5.41, 5.74) is 2.00. The average Bonchev–Trinajstić information content (AvgIpc) is 3.29. The molecule has 0 atom stereocenters. The Labute approximate surface area is 146 Å². The molecular weight excluding hydrogens is 346 g/mol. The summed E-state index contributed by atoms with van der Waals surface area (Å²) in [4.78, 5) is 26.3. The predicted octanol–water partition coefficient (Wildman–Crippen LogP) is 3.63. The van der Waals surface area contributed by atoms with Crippen molar-refractivity contribution >= 4 is 22.3 Å². The molecule has 0 saturated heterocycles. The second-order valence-corrected chi connectivity index (χ2v) is 6.10. The number of thiophene rings is 1. The van der Waals surface area contributed by atoms with Crippen molar-refractivity contribution in [3.63, 3.8) is 0 Å². The van der Waals surface area contributed by atoms with Crippen LogP contribution in [0.4, 0.5) is 5.00 Å². The molecule has 25 heavy (non-hydrogen) atoms. The summed E-state index contributed by atoms with van der Waals surface area (Å²) in [6.07, 6.45) is 0.939. The zero-order valence-corrected chi connectivity index (χ0v) is 14.0. The number of carbonyl (C=O) groups is 1. The van der Waals surface area contributed by atoms with E-state index in [0.29, 0.717) is 5.82 Å². The van der Waals surface area contributed by atoms with Gasteiger partial charge in [0.2, 0.25) is 5.82 Å². The zero-order valence-electron chi connectivity index (χ0n) is 13.2. The first-order chi connectivity index (χ1) is 12.1. The highest BCUT2D eigenvalue weighted by molar-refractivity contribution is 7.17. The van der Waals surface area contributed by atoms with Crippen molar-refractivity contribution in [3.05, 3.63) is 62.8 Å². The lowest BCUT2D eigenvalue weighted by Gasteiger charge is -1.98. The second kappa shape index (κ2) is 7.22. The van der Waals surface area contributed by atoms with E-state index in [2.05, 4.69) is 17.1 Å². The number of esters is 1. The van der Waals surface area contributed by atoms with Crippen LogP contribution in [0.3, 0.4) is 0 Å². The first kappa shape index (κ1) is 16.8. The number of ether oxygens (including phenoxy) is 1. The molecule has 0 unspecified atom stereocenters. The summed E-state index contributed by atoms with van der Waals surface area (Å²) in [5.74, 6) is -0.125. The van der Waals surface area contributed by atoms with E-state index in [1.165, 1.54) is 17.7 Å². The highest BCUT2D eigenvalue weighted by atomic mass is 32.1. The SMILES string of the molecule is CCc1ccc(-c2noc(COC(=O)c3ccc([N+](=O)[O-])s3)n2)cc1. The van der Waals surface area contributed by atoms with Crippen LogP contribution in [0.1, 0.15) is 28.0 Å². The fourth-order valence-electron chi connectivity index (χ4n) is 2.05. The number of aromatic nitrogens is 2. The van der Waals surface area contributed by atoms with E-state index in [0.717, 1.165) is 23.3 Å². The van der Waals surface area contributed by atoms with E-state index in [-0.39, 0.29) is 22.4 Å². The van der Waals surface area contributed by atoms with Gasteiger partial charge in [-0.15, -0.1) is 0 Å². The van der Waals surface area contributed by atoms with Crippen LogP contribution in [0.15, 0.2) is 40.9 Å². The number of carbonyl (C=O) groups excluding carboxylic acids is 1. The number of hydrogen-bond donors (Lipinski definition) is 0. The predicted molar refractivity (Wildman–Crippen MR) is 89.2 cm³/mol. The molecule has 0 radical (unpaired) electrons. The monoisotopic (exact) mass is 359 g/mol. The number of benzene rings is 1. The van der Waals surface area contributed by atoms with Crippen molar-refractivity contribution in [2.75, 3.05) is 0 Å². The molecule has 3 aromatic rings. The van der Waals surface area contributed by atoms with E-state index in [1.807, 2.05) is 24.3 Å². The quantitative estimate of drug-likeness (QED) is 0.375. The highest BCUT2D eigenvalue weighted by Gasteiger charge is 2.18. The van der Waals surface area contributed by atoms with Gasteiger partial charge in [0, 0.05) is 11.6 Å². The van der Waals surface area contributed by atoms with E-state index < -0.39 is 10.9 Å². The Kier molecular flexibility index (Phi) is 4.85. The van der Waals surface area contributed by atoms with E-state index in [1.54, 1.807) is 0 Å². The molecule has 0 spiro atoms. The molecule has 0 fully saturated rings. The Balaban J connectivity index is 1.62. The molecule has 3 rings (SSSR count). The minimum Gasteiger partial charge on any atom is -0.451 e. The molecule has 0 bridgehead atoms. The van der Waals surface area contributed by atoms with Gasteiger partial charge < -0.3 is 9.26 Å². The lowest BCUT2D eigenvalue weighted by molar-refractivity contribution is -0.380. The molecule has 2 aromatic heterocycles. The maximum atomic E-state index is 11.9. The van der Waals surface area contributed by atoms with Gasteiger partial charge in [0.1, 0.15) is 4.88 Å². The minimum absolute atomic E-state index is 0.123. The summed E-state index contributed by atoms with van der Waals surface area (Å²) in [6.45, 7) is 1.86. The lowest BCUT2D eigenvalue weighted by atomic mass is 10.1. The standard InChI is InChI=1S/C16H13N3O5S/c1-2-10-3-5-11(6-4-10)15-17-13(24-18-15)9-23-16(20)12-7-8-14(25-12)19(21)22/h3-8H,2,9H2,1H3. The minimum atomic E-state index is -0.676. The third-order valence-electron chi connectivity index (χ3n) is 3.39. The Bertz CT molecular complexity index is 901. The van der Waals surface area contributed by atoms with Crippen LogP contribution in [-0.4, -0.2) is 21.0 Å². The lowest BCUT2D eigenvalue weighted by Crippen LogP contribution is -2.03. The number of rotatable bonds is 6. The molecule has 1 aromatic carbocycles. The molecule has 0 amide bonds. The summed E-state index contributed by atoms with van der Waals surface area (Å²) < 4.78 is 10.1. The fourth-order valence-corrected chi connectivity index (χ4v) is 2.77. The third kappa shape index (κ3) is 3.89. The number of nitrogens with zero attached hydrogens (tertiary/aromatic N) is 3. The van der Waals surface area contributed by atoms with Gasteiger partial charge in [-0.25, -0.2) is 4.79 Å². The summed E-state index contributed by atoms with van der Waals surface area (Å²) in [7, 11) is 0. The van der Waals surface area contributed by atoms with Crippen molar-refractivity contribution in [2.45, 2.75) is 20.0 Å². The molecule has 0 aliphatic carbocycles. The smallest absolute Gasteiger partial charge is 0.349 e. The molecule has 0 aliphatic rings. The number of nitro groups is 1. The van der Waals surface area contributed by atoms with Crippen molar-refractivity contribution in [1.82, 2.24) is 10.1 Å². The highest BCUT2D eigenvalue weighted by Crippen LogP contribution is 2.25. The van der Waals surface area contributed by atoms with Crippen LogP contribution in [0.25, 0.3) is 11.4 Å². The van der Waals surface area contributed by atoms with Crippen molar-refractivity contribution in [3.8, 4) is 11.4 Å². The van der Waals surface area contributed by atoms with Crippen LogP contribution < -0.4 is 0 Å². The van der Waals surface area contributed by atoms with Crippen LogP contribution in [0.2, 0.25) is 0 Å². The normalized spacial score (nSPS) is 10.6. The first-order valence-corrected chi connectivity index (χ1v) is 8.21. The van der Waals surface area contributed by atoms with Gasteiger partial charge in [-0.3, -0.25) is 10.1 Å². The van der Waals surface area contributed by atoms with Gasteiger partial charge in [0.15, 0.2) is 6.61 Å². The maximum Gasteiger partial charge on any atom is 0.349 e. The van der Waals surface area contributed by atoms with Crippen LogP contribution in [0.5, 0.6) is 0 Å². The van der Waals surface area contributed by atoms with E-state index in [9.17, 15) is 14.9 Å². The first-order valence-electron chi connectivity index (χ1n) is 7.40. The topological polar surface area (TPSA) is 108 Å².